The third-order valence-corrected chi connectivity index (χ3v) is 6.86. The van der Waals surface area contributed by atoms with E-state index in [-0.39, 0.29) is 12.1 Å². The number of nitrogens with zero attached hydrogens (tertiary/aromatic N) is 1. The van der Waals surface area contributed by atoms with Gasteiger partial charge in [0.1, 0.15) is 30.3 Å². The molecule has 0 spiro atoms. The van der Waals surface area contributed by atoms with Gasteiger partial charge in [0.15, 0.2) is 0 Å². The summed E-state index contributed by atoms with van der Waals surface area (Å²) in [6.07, 6.45) is 0.0593. The van der Waals surface area contributed by atoms with E-state index in [0.29, 0.717) is 41.3 Å². The van der Waals surface area contributed by atoms with Gasteiger partial charge in [0.2, 0.25) is 5.91 Å². The van der Waals surface area contributed by atoms with E-state index in [1.165, 1.54) is 12.1 Å². The molecule has 4 amide bonds. The summed E-state index contributed by atoms with van der Waals surface area (Å²) in [7, 11) is 1.60. The van der Waals surface area contributed by atoms with Crippen LogP contribution in [0.15, 0.2) is 72.8 Å². The summed E-state index contributed by atoms with van der Waals surface area (Å²) in [6, 6.07) is 17.2. The van der Waals surface area contributed by atoms with Crippen molar-refractivity contribution in [1.82, 2.24) is 10.2 Å². The van der Waals surface area contributed by atoms with Crippen molar-refractivity contribution in [3.63, 3.8) is 0 Å². The Morgan fingerprint density at radius 2 is 1.75 bits per heavy atom. The first-order valence-corrected chi connectivity index (χ1v) is 13.7. The second-order valence-corrected chi connectivity index (χ2v) is 10.2. The van der Waals surface area contributed by atoms with Gasteiger partial charge >= 0.3 is 6.03 Å². The van der Waals surface area contributed by atoms with Crippen LogP contribution in [-0.4, -0.2) is 62.3 Å². The van der Waals surface area contributed by atoms with Crippen molar-refractivity contribution in [3.05, 3.63) is 93.3 Å². The molecule has 0 aromatic heterocycles. The van der Waals surface area contributed by atoms with Crippen molar-refractivity contribution >= 4 is 46.1 Å². The van der Waals surface area contributed by atoms with Crippen LogP contribution >= 0.6 is 22.6 Å². The minimum atomic E-state index is -1.21. The normalized spacial score (nSPS) is 15.6. The molecule has 0 bridgehead atoms. The molecule has 0 aliphatic carbocycles. The molecular weight excluding hydrogens is 632 g/mol. The number of benzene rings is 3. The minimum absolute atomic E-state index is 0.0354. The molecule has 1 aliphatic heterocycles. The first-order valence-electron chi connectivity index (χ1n) is 12.6. The van der Waals surface area contributed by atoms with Gasteiger partial charge < -0.3 is 24.8 Å². The van der Waals surface area contributed by atoms with Crippen molar-refractivity contribution in [2.45, 2.75) is 18.5 Å². The maximum Gasteiger partial charge on any atom is 0.325 e. The van der Waals surface area contributed by atoms with Gasteiger partial charge in [-0.25, -0.2) is 14.1 Å². The molecule has 1 saturated heterocycles. The van der Waals surface area contributed by atoms with Crippen LogP contribution in [0.1, 0.15) is 17.2 Å². The van der Waals surface area contributed by atoms with Crippen molar-refractivity contribution in [2.24, 2.45) is 0 Å². The highest BCUT2D eigenvalue weighted by atomic mass is 127. The van der Waals surface area contributed by atoms with E-state index in [2.05, 4.69) is 10.6 Å². The highest BCUT2D eigenvalue weighted by Gasteiger charge is 2.45. The molecule has 40 heavy (non-hydrogen) atoms. The zero-order chi connectivity index (χ0) is 28.5. The highest BCUT2D eigenvalue weighted by molar-refractivity contribution is 14.1. The van der Waals surface area contributed by atoms with Gasteiger partial charge in [0.25, 0.3) is 5.91 Å². The molecular formula is C29H29FIN3O6. The lowest BCUT2D eigenvalue weighted by Gasteiger charge is -2.25. The summed E-state index contributed by atoms with van der Waals surface area (Å²) in [4.78, 5) is 40.9. The molecule has 4 rings (SSSR count). The number of methoxy groups -OCH3 is 1. The maximum atomic E-state index is 14.5. The standard InChI is InChI=1S/C29H29FIN3O6/c1-38-13-14-39-15-16-40-22-10-7-20(8-11-22)26-28(36)34(29(37)33-26)25(17-19-5-3-2-4-6-19)27(35)32-24-12-9-21(31)18-23(24)30/h2-12,18,25-26H,13-17H2,1H3,(H,32,35)(H,33,37)/t25-,26+/m0/s1. The SMILES string of the molecule is COCCOCCOc1ccc([C@H]2NC(=O)N([C@@H](Cc3ccccc3)C(=O)Nc3ccc(I)cc3F)C2=O)cc1. The van der Waals surface area contributed by atoms with Crippen molar-refractivity contribution in [3.8, 4) is 5.75 Å². The number of hydrogen-bond donors (Lipinski definition) is 2. The Hall–Kier alpha value is -3.55. The third kappa shape index (κ3) is 7.55. The Bertz CT molecular complexity index is 1330. The Balaban J connectivity index is 1.48. The molecule has 1 aliphatic rings. The van der Waals surface area contributed by atoms with Gasteiger partial charge in [-0.05, 0) is 64.0 Å². The van der Waals surface area contributed by atoms with Crippen molar-refractivity contribution < 1.29 is 33.0 Å². The number of rotatable bonds is 13. The van der Waals surface area contributed by atoms with E-state index in [4.69, 9.17) is 14.2 Å². The van der Waals surface area contributed by atoms with Crippen LogP contribution in [-0.2, 0) is 25.5 Å². The van der Waals surface area contributed by atoms with Crippen LogP contribution in [0.4, 0.5) is 14.9 Å². The fourth-order valence-corrected chi connectivity index (χ4v) is 4.63. The number of nitrogens with one attached hydrogen (secondary N) is 2. The minimum Gasteiger partial charge on any atom is -0.491 e. The number of halogens is 2. The Kier molecular flexibility index (Phi) is 10.4. The van der Waals surface area contributed by atoms with Crippen LogP contribution < -0.4 is 15.4 Å². The maximum absolute atomic E-state index is 14.5. The van der Waals surface area contributed by atoms with Gasteiger partial charge in [-0.1, -0.05) is 42.5 Å². The van der Waals surface area contributed by atoms with Crippen LogP contribution in [0.3, 0.4) is 0 Å². The second-order valence-electron chi connectivity index (χ2n) is 8.93. The summed E-state index contributed by atoms with van der Waals surface area (Å²) >= 11 is 1.97. The van der Waals surface area contributed by atoms with Crippen molar-refractivity contribution in [1.29, 1.82) is 0 Å². The van der Waals surface area contributed by atoms with Gasteiger partial charge in [-0.15, -0.1) is 0 Å². The smallest absolute Gasteiger partial charge is 0.325 e. The fraction of sp³-hybridized carbons (Fsp3) is 0.276. The lowest BCUT2D eigenvalue weighted by molar-refractivity contribution is -0.134. The van der Waals surface area contributed by atoms with E-state index in [1.807, 2.05) is 28.7 Å². The Labute approximate surface area is 245 Å². The second kappa shape index (κ2) is 14.2. The molecule has 0 radical (unpaired) electrons. The zero-order valence-electron chi connectivity index (χ0n) is 21.8. The summed E-state index contributed by atoms with van der Waals surface area (Å²) in [5, 5.41) is 5.22. The number of urea groups is 1. The Morgan fingerprint density at radius 1 is 1.02 bits per heavy atom. The molecule has 9 nitrogen and oxygen atoms in total. The topological polar surface area (TPSA) is 106 Å². The van der Waals surface area contributed by atoms with Crippen LogP contribution in [0, 0.1) is 9.39 Å². The van der Waals surface area contributed by atoms with Crippen LogP contribution in [0.2, 0.25) is 0 Å². The van der Waals surface area contributed by atoms with E-state index < -0.39 is 35.7 Å². The van der Waals surface area contributed by atoms with E-state index in [0.717, 1.165) is 10.5 Å². The number of ether oxygens (including phenoxy) is 3. The van der Waals surface area contributed by atoms with E-state index in [1.54, 1.807) is 61.7 Å². The molecule has 0 saturated carbocycles. The predicted octanol–water partition coefficient (Wildman–Crippen LogP) is 4.32. The van der Waals surface area contributed by atoms with Gasteiger partial charge in [-0.2, -0.15) is 0 Å². The number of carbonyl (C=O) groups excluding carboxylic acids is 3. The average Bonchev–Trinajstić information content (AvgIpc) is 3.25. The molecule has 0 unspecified atom stereocenters. The quantitative estimate of drug-likeness (QED) is 0.161. The summed E-state index contributed by atoms with van der Waals surface area (Å²) < 4.78 is 31.1. The fourth-order valence-electron chi connectivity index (χ4n) is 4.18. The van der Waals surface area contributed by atoms with Crippen molar-refractivity contribution in [2.75, 3.05) is 38.9 Å². The number of anilines is 1. The predicted molar refractivity (Wildman–Crippen MR) is 154 cm³/mol. The first kappa shape index (κ1) is 29.4. The number of carbonyl (C=O) groups is 3. The number of amides is 4. The molecule has 1 fully saturated rings. The van der Waals surface area contributed by atoms with E-state index in [9.17, 15) is 18.8 Å². The summed E-state index contributed by atoms with van der Waals surface area (Å²) in [5.41, 5.74) is 1.24. The number of hydrogen-bond acceptors (Lipinski definition) is 6. The molecule has 1 heterocycles. The molecule has 2 atom stereocenters. The lowest BCUT2D eigenvalue weighted by atomic mass is 10.0. The third-order valence-electron chi connectivity index (χ3n) is 6.19. The molecule has 210 valence electrons. The van der Waals surface area contributed by atoms with Crippen LogP contribution in [0.5, 0.6) is 5.75 Å². The summed E-state index contributed by atoms with van der Waals surface area (Å²) in [5.74, 6) is -1.29. The number of imide groups is 1. The molecule has 11 heteroatoms. The van der Waals surface area contributed by atoms with Gasteiger partial charge in [0, 0.05) is 17.1 Å². The van der Waals surface area contributed by atoms with Gasteiger partial charge in [-0.3, -0.25) is 9.59 Å². The zero-order valence-corrected chi connectivity index (χ0v) is 23.9. The van der Waals surface area contributed by atoms with Crippen LogP contribution in [0.25, 0.3) is 0 Å². The largest absolute Gasteiger partial charge is 0.491 e. The van der Waals surface area contributed by atoms with Gasteiger partial charge in [0.05, 0.1) is 25.5 Å². The van der Waals surface area contributed by atoms with E-state index >= 15 is 0 Å². The first-order chi connectivity index (χ1) is 19.4. The highest BCUT2D eigenvalue weighted by Crippen LogP contribution is 2.27. The lowest BCUT2D eigenvalue weighted by Crippen LogP contribution is -2.49. The molecule has 3 aromatic rings. The summed E-state index contributed by atoms with van der Waals surface area (Å²) in [6.45, 7) is 1.71. The molecule has 2 N–H and O–H groups in total. The average molecular weight is 661 g/mol. The Morgan fingerprint density at radius 3 is 2.45 bits per heavy atom. The molecule has 3 aromatic carbocycles. The monoisotopic (exact) mass is 661 g/mol.